The van der Waals surface area contributed by atoms with Crippen LogP contribution in [0.1, 0.15) is 30.4 Å². The van der Waals surface area contributed by atoms with Gasteiger partial charge in [0.1, 0.15) is 0 Å². The largest absolute Gasteiger partial charge is 0.321 e. The SMILES string of the molecule is CN1C(=O)c2ccc(NC(=O)c3cc4cc([N+](=O)[O-])ccc4s3)cc2C1=O. The Kier molecular flexibility index (Phi) is 3.74. The lowest BCUT2D eigenvalue weighted by molar-refractivity contribution is -0.384. The second-order valence-electron chi connectivity index (χ2n) is 5.97. The number of fused-ring (bicyclic) bond motifs is 2. The molecule has 9 heteroatoms. The number of hydrogen-bond acceptors (Lipinski definition) is 6. The smallest absolute Gasteiger partial charge is 0.270 e. The van der Waals surface area contributed by atoms with Crippen molar-refractivity contribution in [2.45, 2.75) is 0 Å². The van der Waals surface area contributed by atoms with E-state index in [1.54, 1.807) is 18.2 Å². The fourth-order valence-corrected chi connectivity index (χ4v) is 3.83. The van der Waals surface area contributed by atoms with Gasteiger partial charge in [0.2, 0.25) is 0 Å². The zero-order valence-corrected chi connectivity index (χ0v) is 14.7. The molecule has 0 atom stereocenters. The number of hydrogen-bond donors (Lipinski definition) is 1. The summed E-state index contributed by atoms with van der Waals surface area (Å²) in [5.41, 5.74) is 0.888. The van der Waals surface area contributed by atoms with Gasteiger partial charge in [0.05, 0.1) is 20.9 Å². The highest BCUT2D eigenvalue weighted by Crippen LogP contribution is 2.30. The molecular formula is C18H11N3O5S. The molecule has 27 heavy (non-hydrogen) atoms. The highest BCUT2D eigenvalue weighted by molar-refractivity contribution is 7.20. The normalized spacial score (nSPS) is 13.1. The van der Waals surface area contributed by atoms with Crippen LogP contribution in [0.25, 0.3) is 10.1 Å². The number of rotatable bonds is 3. The van der Waals surface area contributed by atoms with Crippen LogP contribution in [0, 0.1) is 10.1 Å². The Balaban J connectivity index is 1.62. The molecule has 4 rings (SSSR count). The zero-order chi connectivity index (χ0) is 19.3. The third-order valence-electron chi connectivity index (χ3n) is 4.28. The summed E-state index contributed by atoms with van der Waals surface area (Å²) >= 11 is 1.21. The summed E-state index contributed by atoms with van der Waals surface area (Å²) in [5, 5.41) is 14.2. The van der Waals surface area contributed by atoms with Gasteiger partial charge < -0.3 is 5.32 Å². The molecule has 0 saturated heterocycles. The zero-order valence-electron chi connectivity index (χ0n) is 13.9. The summed E-state index contributed by atoms with van der Waals surface area (Å²) in [4.78, 5) is 48.3. The van der Waals surface area contributed by atoms with E-state index in [0.717, 1.165) is 9.60 Å². The third-order valence-corrected chi connectivity index (χ3v) is 5.40. The Morgan fingerprint density at radius 1 is 1.07 bits per heavy atom. The van der Waals surface area contributed by atoms with Crippen molar-refractivity contribution in [3.63, 3.8) is 0 Å². The molecule has 3 aromatic rings. The van der Waals surface area contributed by atoms with Gasteiger partial charge >= 0.3 is 0 Å². The maximum atomic E-state index is 12.5. The number of nitro benzene ring substituents is 1. The number of carbonyl (C=O) groups is 3. The Morgan fingerprint density at radius 3 is 2.56 bits per heavy atom. The molecule has 1 aliphatic heterocycles. The first-order valence-electron chi connectivity index (χ1n) is 7.81. The minimum Gasteiger partial charge on any atom is -0.321 e. The number of amides is 3. The summed E-state index contributed by atoms with van der Waals surface area (Å²) < 4.78 is 0.752. The van der Waals surface area contributed by atoms with Crippen molar-refractivity contribution in [1.82, 2.24) is 4.90 Å². The fraction of sp³-hybridized carbons (Fsp3) is 0.0556. The van der Waals surface area contributed by atoms with Crippen molar-refractivity contribution in [1.29, 1.82) is 0 Å². The minimum absolute atomic E-state index is 0.0434. The summed E-state index contributed by atoms with van der Waals surface area (Å²) in [6.07, 6.45) is 0. The number of non-ortho nitro benzene ring substituents is 1. The maximum Gasteiger partial charge on any atom is 0.270 e. The van der Waals surface area contributed by atoms with E-state index in [0.29, 0.717) is 21.5 Å². The van der Waals surface area contributed by atoms with E-state index in [1.807, 2.05) is 0 Å². The average Bonchev–Trinajstić information content (AvgIpc) is 3.17. The van der Waals surface area contributed by atoms with Crippen LogP contribution in [0.4, 0.5) is 11.4 Å². The van der Waals surface area contributed by atoms with Gasteiger partial charge in [-0.1, -0.05) is 0 Å². The van der Waals surface area contributed by atoms with Gasteiger partial charge in [-0.15, -0.1) is 11.3 Å². The Hall–Kier alpha value is -3.59. The Morgan fingerprint density at radius 2 is 1.81 bits per heavy atom. The van der Waals surface area contributed by atoms with E-state index in [-0.39, 0.29) is 17.2 Å². The summed E-state index contributed by atoms with van der Waals surface area (Å²) in [5.74, 6) is -1.19. The van der Waals surface area contributed by atoms with E-state index in [1.165, 1.54) is 42.6 Å². The average molecular weight is 381 g/mol. The molecule has 8 nitrogen and oxygen atoms in total. The minimum atomic E-state index is -0.489. The molecule has 0 fully saturated rings. The lowest BCUT2D eigenvalue weighted by Gasteiger charge is -2.04. The van der Waals surface area contributed by atoms with Gasteiger partial charge in [-0.2, -0.15) is 0 Å². The molecular weight excluding hydrogens is 370 g/mol. The van der Waals surface area contributed by atoms with Crippen LogP contribution in [0.3, 0.4) is 0 Å². The van der Waals surface area contributed by atoms with E-state index in [9.17, 15) is 24.5 Å². The van der Waals surface area contributed by atoms with Gasteiger partial charge in [0.15, 0.2) is 0 Å². The molecule has 0 unspecified atom stereocenters. The number of nitrogens with zero attached hydrogens (tertiary/aromatic N) is 2. The van der Waals surface area contributed by atoms with Crippen molar-refractivity contribution in [2.24, 2.45) is 0 Å². The van der Waals surface area contributed by atoms with Gasteiger partial charge in [-0.3, -0.25) is 29.4 Å². The highest BCUT2D eigenvalue weighted by atomic mass is 32.1. The molecule has 1 aliphatic rings. The van der Waals surface area contributed by atoms with E-state index in [4.69, 9.17) is 0 Å². The molecule has 0 radical (unpaired) electrons. The monoisotopic (exact) mass is 381 g/mol. The molecule has 0 aliphatic carbocycles. The van der Waals surface area contributed by atoms with Gasteiger partial charge in [0, 0.05) is 35.0 Å². The van der Waals surface area contributed by atoms with E-state index < -0.39 is 16.7 Å². The van der Waals surface area contributed by atoms with Crippen LogP contribution in [-0.2, 0) is 0 Å². The number of thiophene rings is 1. The van der Waals surface area contributed by atoms with Crippen LogP contribution in [0.2, 0.25) is 0 Å². The second kappa shape index (κ2) is 5.99. The van der Waals surface area contributed by atoms with Gasteiger partial charge in [0.25, 0.3) is 23.4 Å². The van der Waals surface area contributed by atoms with Gasteiger partial charge in [-0.05, 0) is 30.3 Å². The predicted molar refractivity (Wildman–Crippen MR) is 99.3 cm³/mol. The molecule has 0 bridgehead atoms. The first kappa shape index (κ1) is 16.9. The quantitative estimate of drug-likeness (QED) is 0.425. The maximum absolute atomic E-state index is 12.5. The molecule has 2 heterocycles. The molecule has 0 saturated carbocycles. The molecule has 1 N–H and O–H groups in total. The van der Waals surface area contributed by atoms with E-state index >= 15 is 0 Å². The van der Waals surface area contributed by atoms with Crippen LogP contribution < -0.4 is 5.32 Å². The van der Waals surface area contributed by atoms with Crippen molar-refractivity contribution in [3.05, 3.63) is 68.6 Å². The van der Waals surface area contributed by atoms with Gasteiger partial charge in [-0.25, -0.2) is 0 Å². The first-order valence-corrected chi connectivity index (χ1v) is 8.62. The van der Waals surface area contributed by atoms with Crippen LogP contribution in [0.15, 0.2) is 42.5 Å². The van der Waals surface area contributed by atoms with Crippen molar-refractivity contribution in [3.8, 4) is 0 Å². The van der Waals surface area contributed by atoms with Crippen molar-refractivity contribution < 1.29 is 19.3 Å². The third kappa shape index (κ3) is 2.74. The van der Waals surface area contributed by atoms with Crippen molar-refractivity contribution >= 4 is 50.5 Å². The van der Waals surface area contributed by atoms with Crippen LogP contribution >= 0.6 is 11.3 Å². The summed E-state index contributed by atoms with van der Waals surface area (Å²) in [6, 6.07) is 10.5. The molecule has 134 valence electrons. The van der Waals surface area contributed by atoms with Crippen LogP contribution in [0.5, 0.6) is 0 Å². The number of benzene rings is 2. The predicted octanol–water partition coefficient (Wildman–Crippen LogP) is 3.29. The standard InChI is InChI=1S/C18H11N3O5S/c1-20-17(23)12-4-2-10(8-13(12)18(20)24)19-16(22)15-7-9-6-11(21(25)26)3-5-14(9)27-15/h2-8H,1H3,(H,19,22). The molecule has 0 spiro atoms. The van der Waals surface area contributed by atoms with Crippen molar-refractivity contribution in [2.75, 3.05) is 12.4 Å². The lowest BCUT2D eigenvalue weighted by atomic mass is 10.1. The van der Waals surface area contributed by atoms with Crippen LogP contribution in [-0.4, -0.2) is 34.6 Å². The number of carbonyl (C=O) groups excluding carboxylic acids is 3. The Labute approximate surface area is 156 Å². The topological polar surface area (TPSA) is 110 Å². The molecule has 2 aromatic carbocycles. The molecule has 1 aromatic heterocycles. The van der Waals surface area contributed by atoms with E-state index in [2.05, 4.69) is 5.32 Å². The first-order chi connectivity index (χ1) is 12.8. The number of anilines is 1. The fourth-order valence-electron chi connectivity index (χ4n) is 2.89. The second-order valence-corrected chi connectivity index (χ2v) is 7.06. The highest BCUT2D eigenvalue weighted by Gasteiger charge is 2.32. The molecule has 3 amide bonds. The number of nitrogens with one attached hydrogen (secondary N) is 1. The summed E-state index contributed by atoms with van der Waals surface area (Å²) in [7, 11) is 1.40. The number of imide groups is 1. The lowest BCUT2D eigenvalue weighted by Crippen LogP contribution is -2.24. The number of nitro groups is 1. The Bertz CT molecular complexity index is 1170. The summed E-state index contributed by atoms with van der Waals surface area (Å²) in [6.45, 7) is 0.